The van der Waals surface area contributed by atoms with Gasteiger partial charge in [-0.1, -0.05) is 19.1 Å². The predicted molar refractivity (Wildman–Crippen MR) is 73.1 cm³/mol. The summed E-state index contributed by atoms with van der Waals surface area (Å²) in [6.45, 7) is 6.77. The number of benzene rings is 1. The molecule has 0 spiro atoms. The van der Waals surface area contributed by atoms with Gasteiger partial charge in [-0.05, 0) is 44.0 Å². The van der Waals surface area contributed by atoms with E-state index in [1.165, 1.54) is 13.0 Å². The van der Waals surface area contributed by atoms with E-state index < -0.39 is 0 Å². The topological polar surface area (TPSA) is 35.5 Å². The van der Waals surface area contributed by atoms with Crippen molar-refractivity contribution in [3.8, 4) is 11.5 Å². The van der Waals surface area contributed by atoms with Crippen LogP contribution in [0.4, 0.5) is 0 Å². The van der Waals surface area contributed by atoms with E-state index in [4.69, 9.17) is 9.47 Å². The second-order valence-electron chi connectivity index (χ2n) is 3.93. The van der Waals surface area contributed by atoms with E-state index in [1.54, 1.807) is 6.08 Å². The van der Waals surface area contributed by atoms with E-state index >= 15 is 0 Å². The number of ether oxygens (including phenoxy) is 2. The molecule has 0 unspecified atom stereocenters. The van der Waals surface area contributed by atoms with Gasteiger partial charge in [0.05, 0.1) is 13.2 Å². The number of hydrogen-bond acceptors (Lipinski definition) is 3. The van der Waals surface area contributed by atoms with Gasteiger partial charge < -0.3 is 9.47 Å². The average molecular weight is 248 g/mol. The van der Waals surface area contributed by atoms with Gasteiger partial charge in [-0.25, -0.2) is 0 Å². The van der Waals surface area contributed by atoms with Gasteiger partial charge in [0.25, 0.3) is 0 Å². The van der Waals surface area contributed by atoms with Crippen LogP contribution in [0.3, 0.4) is 0 Å². The van der Waals surface area contributed by atoms with Crippen molar-refractivity contribution in [1.29, 1.82) is 0 Å². The quantitative estimate of drug-likeness (QED) is 0.693. The molecular weight excluding hydrogens is 228 g/mol. The fourth-order valence-electron chi connectivity index (χ4n) is 1.44. The summed E-state index contributed by atoms with van der Waals surface area (Å²) in [5, 5.41) is 0. The maximum absolute atomic E-state index is 10.9. The molecule has 3 heteroatoms. The van der Waals surface area contributed by atoms with Crippen LogP contribution in [0.2, 0.25) is 0 Å². The van der Waals surface area contributed by atoms with E-state index in [-0.39, 0.29) is 5.78 Å². The molecule has 0 aliphatic heterocycles. The lowest BCUT2D eigenvalue weighted by Gasteiger charge is -2.11. The summed E-state index contributed by atoms with van der Waals surface area (Å²) in [6.07, 6.45) is 4.27. The molecule has 0 heterocycles. The smallest absolute Gasteiger partial charge is 0.161 e. The minimum Gasteiger partial charge on any atom is -0.490 e. The molecule has 1 rings (SSSR count). The summed E-state index contributed by atoms with van der Waals surface area (Å²) in [6, 6.07) is 5.67. The fraction of sp³-hybridized carbons (Fsp3) is 0.400. The highest BCUT2D eigenvalue weighted by molar-refractivity contribution is 5.91. The summed E-state index contributed by atoms with van der Waals surface area (Å²) < 4.78 is 11.1. The van der Waals surface area contributed by atoms with Crippen LogP contribution in [0.25, 0.3) is 6.08 Å². The molecule has 1 aromatic carbocycles. The Morgan fingerprint density at radius 3 is 2.61 bits per heavy atom. The predicted octanol–water partition coefficient (Wildman–Crippen LogP) is 3.48. The molecule has 0 saturated carbocycles. The summed E-state index contributed by atoms with van der Waals surface area (Å²) in [5.41, 5.74) is 0.928. The van der Waals surface area contributed by atoms with Crippen LogP contribution in [0, 0.1) is 0 Å². The van der Waals surface area contributed by atoms with Crippen LogP contribution < -0.4 is 9.47 Å². The summed E-state index contributed by atoms with van der Waals surface area (Å²) in [5.74, 6) is 1.49. The second-order valence-corrected chi connectivity index (χ2v) is 3.93. The Bertz CT molecular complexity index is 422. The Labute approximate surface area is 108 Å². The van der Waals surface area contributed by atoms with E-state index in [9.17, 15) is 4.79 Å². The highest BCUT2D eigenvalue weighted by atomic mass is 16.5. The van der Waals surface area contributed by atoms with Crippen LogP contribution in [-0.4, -0.2) is 19.0 Å². The van der Waals surface area contributed by atoms with Crippen molar-refractivity contribution in [2.75, 3.05) is 13.2 Å². The third-order valence-corrected chi connectivity index (χ3v) is 2.24. The molecule has 0 radical (unpaired) electrons. The Morgan fingerprint density at radius 1 is 1.22 bits per heavy atom. The molecule has 0 N–H and O–H groups in total. The Hall–Kier alpha value is -1.77. The molecule has 0 aliphatic carbocycles. The van der Waals surface area contributed by atoms with Crippen LogP contribution in [0.1, 0.15) is 32.8 Å². The minimum atomic E-state index is 0.0271. The van der Waals surface area contributed by atoms with E-state index in [2.05, 4.69) is 6.92 Å². The molecule has 1 aromatic rings. The maximum atomic E-state index is 10.9. The molecule has 0 saturated heterocycles. The number of allylic oxidation sites excluding steroid dienone is 1. The number of rotatable bonds is 7. The molecule has 0 amide bonds. The first-order chi connectivity index (χ1) is 8.67. The van der Waals surface area contributed by atoms with Crippen molar-refractivity contribution < 1.29 is 14.3 Å². The van der Waals surface area contributed by atoms with Gasteiger partial charge in [0.1, 0.15) is 0 Å². The van der Waals surface area contributed by atoms with E-state index in [0.717, 1.165) is 23.5 Å². The Kier molecular flexibility index (Phi) is 5.98. The molecule has 0 atom stereocenters. The Morgan fingerprint density at radius 2 is 2.00 bits per heavy atom. The van der Waals surface area contributed by atoms with Gasteiger partial charge >= 0.3 is 0 Å². The normalized spacial score (nSPS) is 10.6. The molecule has 0 bridgehead atoms. The fourth-order valence-corrected chi connectivity index (χ4v) is 1.44. The molecule has 18 heavy (non-hydrogen) atoms. The lowest BCUT2D eigenvalue weighted by atomic mass is 10.1. The minimum absolute atomic E-state index is 0.0271. The Balaban J connectivity index is 2.91. The zero-order chi connectivity index (χ0) is 13.4. The SMILES string of the molecule is CCCOc1ccc(/C=C/C(C)=O)cc1OCC. The van der Waals surface area contributed by atoms with Crippen molar-refractivity contribution in [3.63, 3.8) is 0 Å². The largest absolute Gasteiger partial charge is 0.490 e. The van der Waals surface area contributed by atoms with Gasteiger partial charge in [-0.3, -0.25) is 4.79 Å². The summed E-state index contributed by atoms with van der Waals surface area (Å²) >= 11 is 0. The van der Waals surface area contributed by atoms with Crippen molar-refractivity contribution in [2.24, 2.45) is 0 Å². The molecular formula is C15H20O3. The van der Waals surface area contributed by atoms with Gasteiger partial charge in [0.2, 0.25) is 0 Å². The molecule has 0 fully saturated rings. The zero-order valence-electron chi connectivity index (χ0n) is 11.2. The maximum Gasteiger partial charge on any atom is 0.161 e. The van der Waals surface area contributed by atoms with Crippen molar-refractivity contribution in [3.05, 3.63) is 29.8 Å². The zero-order valence-corrected chi connectivity index (χ0v) is 11.2. The number of carbonyl (C=O) groups is 1. The summed E-state index contributed by atoms with van der Waals surface area (Å²) in [7, 11) is 0. The monoisotopic (exact) mass is 248 g/mol. The van der Waals surface area contributed by atoms with Crippen LogP contribution in [0.5, 0.6) is 11.5 Å². The van der Waals surface area contributed by atoms with Crippen LogP contribution >= 0.6 is 0 Å². The third kappa shape index (κ3) is 4.62. The highest BCUT2D eigenvalue weighted by Gasteiger charge is 2.05. The van der Waals surface area contributed by atoms with Gasteiger partial charge in [-0.15, -0.1) is 0 Å². The van der Waals surface area contributed by atoms with Crippen molar-refractivity contribution in [2.45, 2.75) is 27.2 Å². The van der Waals surface area contributed by atoms with E-state index in [0.29, 0.717) is 13.2 Å². The number of ketones is 1. The van der Waals surface area contributed by atoms with Crippen LogP contribution in [-0.2, 0) is 4.79 Å². The van der Waals surface area contributed by atoms with Crippen molar-refractivity contribution in [1.82, 2.24) is 0 Å². The first-order valence-electron chi connectivity index (χ1n) is 6.25. The van der Waals surface area contributed by atoms with E-state index in [1.807, 2.05) is 25.1 Å². The second kappa shape index (κ2) is 7.54. The summed E-state index contributed by atoms with van der Waals surface area (Å²) in [4.78, 5) is 10.9. The highest BCUT2D eigenvalue weighted by Crippen LogP contribution is 2.29. The number of hydrogen-bond donors (Lipinski definition) is 0. The van der Waals surface area contributed by atoms with Gasteiger partial charge in [0.15, 0.2) is 17.3 Å². The molecule has 0 aliphatic rings. The third-order valence-electron chi connectivity index (χ3n) is 2.24. The van der Waals surface area contributed by atoms with Gasteiger partial charge in [0, 0.05) is 0 Å². The molecule has 3 nitrogen and oxygen atoms in total. The lowest BCUT2D eigenvalue weighted by molar-refractivity contribution is -0.112. The average Bonchev–Trinajstić information content (AvgIpc) is 2.35. The lowest BCUT2D eigenvalue weighted by Crippen LogP contribution is -2.00. The standard InChI is InChI=1S/C15H20O3/c1-4-10-18-14-9-8-13(7-6-12(3)16)11-15(14)17-5-2/h6-9,11H,4-5,10H2,1-3H3/b7-6+. The molecule has 98 valence electrons. The first kappa shape index (κ1) is 14.3. The number of carbonyl (C=O) groups excluding carboxylic acids is 1. The molecule has 0 aromatic heterocycles. The van der Waals surface area contributed by atoms with Crippen LogP contribution in [0.15, 0.2) is 24.3 Å². The first-order valence-corrected chi connectivity index (χ1v) is 6.25. The van der Waals surface area contributed by atoms with Crippen molar-refractivity contribution >= 4 is 11.9 Å². The van der Waals surface area contributed by atoms with Gasteiger partial charge in [-0.2, -0.15) is 0 Å².